The molecule has 1 saturated heterocycles. The van der Waals surface area contributed by atoms with Gasteiger partial charge in [0.2, 0.25) is 0 Å². The van der Waals surface area contributed by atoms with E-state index in [0.29, 0.717) is 57.0 Å². The SMILES string of the molecule is COCN1CCCC2=C(C1)C(C(=O)N1CCC(c3ccccc3C(F)(F)F)CC1)=NC2. The molecule has 1 aromatic rings. The lowest BCUT2D eigenvalue weighted by atomic mass is 9.86. The normalized spacial score (nSPS) is 21.2. The minimum absolute atomic E-state index is 0.0909. The maximum atomic E-state index is 13.4. The summed E-state index contributed by atoms with van der Waals surface area (Å²) in [7, 11) is 1.66. The van der Waals surface area contributed by atoms with Gasteiger partial charge in [0.1, 0.15) is 5.71 Å². The van der Waals surface area contributed by atoms with E-state index in [2.05, 4.69) is 9.89 Å². The van der Waals surface area contributed by atoms with Crippen molar-refractivity contribution in [3.05, 3.63) is 46.5 Å². The zero-order valence-corrected chi connectivity index (χ0v) is 17.7. The van der Waals surface area contributed by atoms with Gasteiger partial charge in [0.05, 0.1) is 18.8 Å². The van der Waals surface area contributed by atoms with Gasteiger partial charge >= 0.3 is 6.18 Å². The number of carbonyl (C=O) groups excluding carboxylic acids is 1. The van der Waals surface area contributed by atoms with Gasteiger partial charge in [-0.2, -0.15) is 13.2 Å². The summed E-state index contributed by atoms with van der Waals surface area (Å²) in [6, 6.07) is 5.79. The molecule has 168 valence electrons. The fourth-order valence-corrected chi connectivity index (χ4v) is 4.91. The Labute approximate surface area is 180 Å². The molecule has 0 aliphatic carbocycles. The van der Waals surface area contributed by atoms with Crippen LogP contribution in [0.2, 0.25) is 0 Å². The van der Waals surface area contributed by atoms with Crippen LogP contribution in [0.3, 0.4) is 0 Å². The largest absolute Gasteiger partial charge is 0.416 e. The topological polar surface area (TPSA) is 45.1 Å². The van der Waals surface area contributed by atoms with Crippen molar-refractivity contribution in [2.75, 3.05) is 46.6 Å². The van der Waals surface area contributed by atoms with Gasteiger partial charge in [0.15, 0.2) is 0 Å². The Morgan fingerprint density at radius 3 is 2.65 bits per heavy atom. The lowest BCUT2D eigenvalue weighted by Gasteiger charge is -2.33. The van der Waals surface area contributed by atoms with Gasteiger partial charge in [0, 0.05) is 33.3 Å². The second-order valence-corrected chi connectivity index (χ2v) is 8.47. The third kappa shape index (κ3) is 4.70. The van der Waals surface area contributed by atoms with Gasteiger partial charge in [-0.15, -0.1) is 0 Å². The van der Waals surface area contributed by atoms with E-state index < -0.39 is 11.7 Å². The predicted molar refractivity (Wildman–Crippen MR) is 112 cm³/mol. The van der Waals surface area contributed by atoms with Crippen LogP contribution in [0.25, 0.3) is 0 Å². The minimum atomic E-state index is -4.36. The molecule has 0 bridgehead atoms. The van der Waals surface area contributed by atoms with Crippen molar-refractivity contribution in [2.24, 2.45) is 4.99 Å². The number of aliphatic imine (C=N–C) groups is 1. The Hall–Kier alpha value is -2.19. The number of hydrogen-bond acceptors (Lipinski definition) is 4. The summed E-state index contributed by atoms with van der Waals surface area (Å²) in [5.41, 5.74) is 2.56. The van der Waals surface area contributed by atoms with E-state index in [9.17, 15) is 18.0 Å². The number of halogens is 3. The first-order valence-corrected chi connectivity index (χ1v) is 10.8. The molecule has 3 aliphatic heterocycles. The molecule has 0 aromatic heterocycles. The van der Waals surface area contributed by atoms with Crippen LogP contribution in [0.4, 0.5) is 13.2 Å². The maximum Gasteiger partial charge on any atom is 0.416 e. The smallest absolute Gasteiger partial charge is 0.369 e. The Bertz CT molecular complexity index is 886. The van der Waals surface area contributed by atoms with Crippen molar-refractivity contribution in [3.8, 4) is 0 Å². The van der Waals surface area contributed by atoms with Gasteiger partial charge in [-0.3, -0.25) is 14.7 Å². The Balaban J connectivity index is 1.43. The van der Waals surface area contributed by atoms with E-state index in [1.165, 1.54) is 11.6 Å². The van der Waals surface area contributed by atoms with Crippen LogP contribution in [0, 0.1) is 0 Å². The first-order chi connectivity index (χ1) is 14.9. The number of ether oxygens (including phenoxy) is 1. The van der Waals surface area contributed by atoms with Crippen LogP contribution in [0.1, 0.15) is 42.7 Å². The zero-order chi connectivity index (χ0) is 22.0. The minimum Gasteiger partial charge on any atom is -0.369 e. The molecule has 5 nitrogen and oxygen atoms in total. The number of alkyl halides is 3. The molecule has 1 aromatic carbocycles. The molecule has 31 heavy (non-hydrogen) atoms. The average Bonchev–Trinajstić information content (AvgIpc) is 3.04. The average molecular weight is 435 g/mol. The standard InChI is InChI=1S/C23H28F3N3O2/c1-31-15-28-10-4-5-17-13-27-21(19(17)14-28)22(30)29-11-8-16(9-12-29)18-6-2-3-7-20(18)23(24,25)26/h2-3,6-7,16H,4-5,8-15H2,1H3. The molecule has 1 fully saturated rings. The quantitative estimate of drug-likeness (QED) is 0.722. The number of nitrogens with zero attached hydrogens (tertiary/aromatic N) is 3. The van der Waals surface area contributed by atoms with E-state index in [1.54, 1.807) is 24.1 Å². The molecule has 0 unspecified atom stereocenters. The Morgan fingerprint density at radius 1 is 1.19 bits per heavy atom. The highest BCUT2D eigenvalue weighted by atomic mass is 19.4. The summed E-state index contributed by atoms with van der Waals surface area (Å²) in [6.45, 7) is 3.56. The van der Waals surface area contributed by atoms with E-state index in [4.69, 9.17) is 4.74 Å². The number of amides is 1. The Kier molecular flexibility index (Phi) is 6.48. The number of rotatable bonds is 4. The monoisotopic (exact) mass is 435 g/mol. The van der Waals surface area contributed by atoms with Crippen molar-refractivity contribution in [2.45, 2.75) is 37.8 Å². The molecule has 1 amide bonds. The molecule has 3 heterocycles. The molecule has 0 N–H and O–H groups in total. The molecule has 0 atom stereocenters. The van der Waals surface area contributed by atoms with Gasteiger partial charge in [-0.05, 0) is 54.4 Å². The fraction of sp³-hybridized carbons (Fsp3) is 0.565. The third-order valence-corrected chi connectivity index (χ3v) is 6.48. The summed E-state index contributed by atoms with van der Waals surface area (Å²) in [5.74, 6) is -0.288. The molecule has 4 rings (SSSR count). The molecular formula is C23H28F3N3O2. The van der Waals surface area contributed by atoms with Crippen LogP contribution < -0.4 is 0 Å². The van der Waals surface area contributed by atoms with E-state index >= 15 is 0 Å². The number of methoxy groups -OCH3 is 1. The lowest BCUT2D eigenvalue weighted by molar-refractivity contribution is -0.138. The fourth-order valence-electron chi connectivity index (χ4n) is 4.91. The molecule has 3 aliphatic rings. The first-order valence-electron chi connectivity index (χ1n) is 10.8. The third-order valence-electron chi connectivity index (χ3n) is 6.48. The lowest BCUT2D eigenvalue weighted by Crippen LogP contribution is -2.43. The van der Waals surface area contributed by atoms with Gasteiger partial charge < -0.3 is 9.64 Å². The number of benzene rings is 1. The van der Waals surface area contributed by atoms with Crippen LogP contribution in [-0.4, -0.2) is 68.0 Å². The highest BCUT2D eigenvalue weighted by Crippen LogP contribution is 2.38. The molecule has 8 heteroatoms. The summed E-state index contributed by atoms with van der Waals surface area (Å²) in [4.78, 5) is 21.7. The van der Waals surface area contributed by atoms with Crippen LogP contribution in [-0.2, 0) is 15.7 Å². The van der Waals surface area contributed by atoms with Crippen LogP contribution in [0.15, 0.2) is 40.4 Å². The number of likely N-dealkylation sites (tertiary alicyclic amines) is 1. The summed E-state index contributed by atoms with van der Waals surface area (Å²) >= 11 is 0. The van der Waals surface area contributed by atoms with Crippen molar-refractivity contribution < 1.29 is 22.7 Å². The Morgan fingerprint density at radius 2 is 1.94 bits per heavy atom. The highest BCUT2D eigenvalue weighted by Gasteiger charge is 2.37. The second kappa shape index (κ2) is 9.12. The van der Waals surface area contributed by atoms with Crippen molar-refractivity contribution in [3.63, 3.8) is 0 Å². The van der Waals surface area contributed by atoms with Gasteiger partial charge in [-0.1, -0.05) is 18.2 Å². The molecule has 0 radical (unpaired) electrons. The van der Waals surface area contributed by atoms with E-state index in [1.807, 2.05) is 0 Å². The predicted octanol–water partition coefficient (Wildman–Crippen LogP) is 3.86. The number of carbonyl (C=O) groups is 1. The van der Waals surface area contributed by atoms with Crippen molar-refractivity contribution >= 4 is 11.6 Å². The first kappa shape index (κ1) is 22.0. The maximum absolute atomic E-state index is 13.4. The van der Waals surface area contributed by atoms with Crippen molar-refractivity contribution in [1.29, 1.82) is 0 Å². The number of piperidine rings is 1. The summed E-state index contributed by atoms with van der Waals surface area (Å²) in [6.07, 6.45) is -1.37. The summed E-state index contributed by atoms with van der Waals surface area (Å²) in [5, 5.41) is 0. The molecule has 0 spiro atoms. The molecular weight excluding hydrogens is 407 g/mol. The zero-order valence-electron chi connectivity index (χ0n) is 17.7. The second-order valence-electron chi connectivity index (χ2n) is 8.47. The highest BCUT2D eigenvalue weighted by molar-refractivity contribution is 6.46. The number of hydrogen-bond donors (Lipinski definition) is 0. The van der Waals surface area contributed by atoms with Crippen LogP contribution >= 0.6 is 0 Å². The van der Waals surface area contributed by atoms with Crippen LogP contribution in [0.5, 0.6) is 0 Å². The van der Waals surface area contributed by atoms with Crippen molar-refractivity contribution in [1.82, 2.24) is 9.80 Å². The molecule has 0 saturated carbocycles. The van der Waals surface area contributed by atoms with Gasteiger partial charge in [-0.25, -0.2) is 0 Å². The van der Waals surface area contributed by atoms with E-state index in [0.717, 1.165) is 31.0 Å². The van der Waals surface area contributed by atoms with E-state index in [-0.39, 0.29) is 11.8 Å². The summed E-state index contributed by atoms with van der Waals surface area (Å²) < 4.78 is 45.4. The van der Waals surface area contributed by atoms with Gasteiger partial charge in [0.25, 0.3) is 5.91 Å².